The Bertz CT molecular complexity index is 3070. The van der Waals surface area contributed by atoms with E-state index in [2.05, 4.69) is 41.8 Å². The smallest absolute Gasteiger partial charge is 0.268 e. The number of aromatic nitrogens is 2. The summed E-state index contributed by atoms with van der Waals surface area (Å²) < 4.78 is 23.2. The SMILES string of the molecule is Cc1ncsc1-c1ccc(CNC(=O)[C@@H]2C[C@@H](O)CN2C(=O)[C@@H](NC(=O)C2(F)CC2)C(C)(C)C)c(OCCCCCCC(=O)Nc2ccc(CNC(=O)c3ccc4n3CCN(Cc3ccc(C(=O)N(C)C)cc3)C43CCC3)cc2)c1. The van der Waals surface area contributed by atoms with Crippen LogP contribution in [0, 0.1) is 12.3 Å². The number of β-amino-alcohol motifs (C(OH)–C–C–N with tert-alkyl or cyclic N) is 1. The van der Waals surface area contributed by atoms with Gasteiger partial charge in [-0.2, -0.15) is 0 Å². The van der Waals surface area contributed by atoms with Crippen LogP contribution in [-0.2, 0) is 50.9 Å². The van der Waals surface area contributed by atoms with Crippen LogP contribution in [0.4, 0.5) is 10.1 Å². The highest BCUT2D eigenvalue weighted by Crippen LogP contribution is 2.49. The number of alkyl halides is 1. The first-order valence-corrected chi connectivity index (χ1v) is 29.0. The van der Waals surface area contributed by atoms with Crippen LogP contribution in [0.5, 0.6) is 5.75 Å². The number of fused-ring (bicyclic) bond motifs is 2. The highest BCUT2D eigenvalue weighted by Gasteiger charge is 2.54. The number of hydrogen-bond acceptors (Lipinski definition) is 11. The van der Waals surface area contributed by atoms with E-state index in [1.54, 1.807) is 45.3 Å². The molecule has 426 valence electrons. The molecule has 0 bridgehead atoms. The van der Waals surface area contributed by atoms with Crippen molar-refractivity contribution >= 4 is 52.5 Å². The molecule has 2 aliphatic heterocycles. The van der Waals surface area contributed by atoms with Gasteiger partial charge in [0.25, 0.3) is 17.7 Å². The number of thiazole rings is 1. The topological polar surface area (TPSA) is 208 Å². The number of nitrogens with zero attached hydrogens (tertiary/aromatic N) is 5. The summed E-state index contributed by atoms with van der Waals surface area (Å²) in [6, 6.07) is 23.1. The Kier molecular flexibility index (Phi) is 17.6. The number of halogens is 1. The number of carbonyl (C=O) groups is 6. The molecule has 0 unspecified atom stereocenters. The summed E-state index contributed by atoms with van der Waals surface area (Å²) >= 11 is 1.52. The molecule has 2 saturated carbocycles. The van der Waals surface area contributed by atoms with Gasteiger partial charge in [0.05, 0.1) is 34.3 Å². The predicted octanol–water partition coefficient (Wildman–Crippen LogP) is 8.03. The molecule has 5 N–H and O–H groups in total. The third kappa shape index (κ3) is 13.1. The number of hydrogen-bond donors (Lipinski definition) is 5. The summed E-state index contributed by atoms with van der Waals surface area (Å²) in [6.07, 6.45) is 5.89. The second kappa shape index (κ2) is 24.4. The van der Waals surface area contributed by atoms with Crippen LogP contribution in [0.3, 0.4) is 0 Å². The number of nitrogens with one attached hydrogen (secondary N) is 4. The minimum Gasteiger partial charge on any atom is -0.493 e. The van der Waals surface area contributed by atoms with Crippen LogP contribution < -0.4 is 26.0 Å². The predicted molar refractivity (Wildman–Crippen MR) is 304 cm³/mol. The highest BCUT2D eigenvalue weighted by atomic mass is 32.1. The molecule has 4 aliphatic rings. The van der Waals surface area contributed by atoms with Gasteiger partial charge < -0.3 is 45.5 Å². The van der Waals surface area contributed by atoms with Gasteiger partial charge in [-0.15, -0.1) is 11.3 Å². The largest absolute Gasteiger partial charge is 0.493 e. The lowest BCUT2D eigenvalue weighted by Crippen LogP contribution is -2.59. The first-order valence-electron chi connectivity index (χ1n) is 28.1. The monoisotopic (exact) mass is 1110 g/mol. The summed E-state index contributed by atoms with van der Waals surface area (Å²) in [7, 11) is 3.51. The Morgan fingerprint density at radius 2 is 1.60 bits per heavy atom. The lowest BCUT2D eigenvalue weighted by atomic mass is 9.71. The zero-order chi connectivity index (χ0) is 56.9. The van der Waals surface area contributed by atoms with Crippen LogP contribution in [0.25, 0.3) is 10.4 Å². The molecule has 6 amide bonds. The molecule has 1 spiro atoms. The Morgan fingerprint density at radius 3 is 2.26 bits per heavy atom. The van der Waals surface area contributed by atoms with Crippen molar-refractivity contribution in [2.24, 2.45) is 5.41 Å². The van der Waals surface area contributed by atoms with Crippen LogP contribution in [0.15, 0.2) is 84.4 Å². The second-order valence-electron chi connectivity index (χ2n) is 23.3. The van der Waals surface area contributed by atoms with Gasteiger partial charge >= 0.3 is 0 Å². The quantitative estimate of drug-likeness (QED) is 0.0422. The Labute approximate surface area is 472 Å². The fraction of sp³-hybridized carbons (Fsp3) is 0.492. The van der Waals surface area contributed by atoms with Crippen LogP contribution in [0.1, 0.15) is 140 Å². The number of amides is 6. The Hall–Kier alpha value is -6.96. The van der Waals surface area contributed by atoms with E-state index in [1.807, 2.05) is 79.7 Å². The molecule has 3 aromatic carbocycles. The van der Waals surface area contributed by atoms with Crippen molar-refractivity contribution in [3.05, 3.63) is 124 Å². The zero-order valence-electron chi connectivity index (χ0n) is 46.9. The third-order valence-electron chi connectivity index (χ3n) is 16.2. The van der Waals surface area contributed by atoms with Gasteiger partial charge in [0.1, 0.15) is 23.5 Å². The first kappa shape index (κ1) is 57.7. The molecule has 4 heterocycles. The number of anilines is 1. The molecule has 5 aromatic rings. The molecule has 80 heavy (non-hydrogen) atoms. The average molecular weight is 1110 g/mol. The van der Waals surface area contributed by atoms with E-state index < -0.39 is 47.0 Å². The van der Waals surface area contributed by atoms with E-state index in [4.69, 9.17) is 4.74 Å². The summed E-state index contributed by atoms with van der Waals surface area (Å²) in [4.78, 5) is 90.3. The van der Waals surface area contributed by atoms with E-state index in [0.29, 0.717) is 60.8 Å². The van der Waals surface area contributed by atoms with Crippen LogP contribution in [-0.4, -0.2) is 122 Å². The van der Waals surface area contributed by atoms with Gasteiger partial charge in [-0.1, -0.05) is 70.0 Å². The molecule has 2 aliphatic carbocycles. The van der Waals surface area contributed by atoms with E-state index in [9.17, 15) is 38.3 Å². The van der Waals surface area contributed by atoms with Crippen molar-refractivity contribution < 1.29 is 43.0 Å². The van der Waals surface area contributed by atoms with Gasteiger partial charge in [0, 0.05) is 88.7 Å². The number of aliphatic hydroxyl groups is 1. The van der Waals surface area contributed by atoms with E-state index in [1.165, 1.54) is 21.9 Å². The number of unbranched alkanes of at least 4 members (excludes halogenated alkanes) is 3. The van der Waals surface area contributed by atoms with Gasteiger partial charge in [0.15, 0.2) is 5.67 Å². The van der Waals surface area contributed by atoms with E-state index in [0.717, 1.165) is 78.9 Å². The van der Waals surface area contributed by atoms with Gasteiger partial charge in [-0.3, -0.25) is 33.7 Å². The van der Waals surface area contributed by atoms with Crippen molar-refractivity contribution in [1.82, 2.24) is 40.2 Å². The number of rotatable bonds is 22. The van der Waals surface area contributed by atoms with E-state index in [-0.39, 0.29) is 55.6 Å². The number of carbonyl (C=O) groups excluding carboxylic acids is 6. The third-order valence-corrected chi connectivity index (χ3v) is 17.2. The molecule has 3 atom stereocenters. The summed E-state index contributed by atoms with van der Waals surface area (Å²) in [5, 5.41) is 22.3. The van der Waals surface area contributed by atoms with Crippen molar-refractivity contribution in [2.75, 3.05) is 39.1 Å². The molecule has 9 rings (SSSR count). The van der Waals surface area contributed by atoms with Gasteiger partial charge in [0.2, 0.25) is 17.7 Å². The molecule has 3 fully saturated rings. The first-order chi connectivity index (χ1) is 38.2. The van der Waals surface area contributed by atoms with Crippen molar-refractivity contribution in [2.45, 2.75) is 154 Å². The highest BCUT2D eigenvalue weighted by molar-refractivity contribution is 7.13. The second-order valence-corrected chi connectivity index (χ2v) is 24.2. The summed E-state index contributed by atoms with van der Waals surface area (Å²) in [6.45, 7) is 10.3. The maximum atomic E-state index is 14.7. The summed E-state index contributed by atoms with van der Waals surface area (Å²) in [5.74, 6) is -1.48. The van der Waals surface area contributed by atoms with Crippen molar-refractivity contribution in [3.8, 4) is 16.2 Å². The van der Waals surface area contributed by atoms with Gasteiger partial charge in [-0.25, -0.2) is 9.37 Å². The molecule has 0 radical (unpaired) electrons. The molecular weight excluding hydrogens is 1040 g/mol. The van der Waals surface area contributed by atoms with Crippen LogP contribution in [0.2, 0.25) is 0 Å². The maximum Gasteiger partial charge on any atom is 0.268 e. The molecule has 17 nitrogen and oxygen atoms in total. The maximum absolute atomic E-state index is 14.7. The lowest BCUT2D eigenvalue weighted by molar-refractivity contribution is -0.145. The standard InChI is InChI=1S/C61H76FN9O8S/c1-39-52(80-38-65-39)43-19-20-44(35-64-55(75)48-33-46(72)37-71(48)57(77)53(59(2,3)4)67-58(78)60(62)27-28-60)49(32-43)79-31-10-8-7-9-12-51(73)66-45-21-15-40(16-22-45)34-63-54(74)47-23-24-50-61(25-11-26-61)69(29-30-70(47)50)36-41-13-17-42(18-14-41)56(76)68(5)6/h13-24,32,38,46,48,53,72H,7-12,25-31,33-37H2,1-6H3,(H,63,74)(H,64,75)(H,66,73)(H,67,78)/t46-,48+,53-/m1/s1. The number of likely N-dealkylation sites (tertiary alicyclic amines) is 1. The zero-order valence-corrected chi connectivity index (χ0v) is 47.7. The van der Waals surface area contributed by atoms with Crippen molar-refractivity contribution in [1.29, 1.82) is 0 Å². The van der Waals surface area contributed by atoms with Crippen LogP contribution >= 0.6 is 11.3 Å². The number of aliphatic hydroxyl groups excluding tert-OH is 1. The molecule has 19 heteroatoms. The normalized spacial score (nSPS) is 18.4. The number of benzene rings is 3. The number of aryl methyl sites for hydroxylation is 1. The van der Waals surface area contributed by atoms with Crippen molar-refractivity contribution in [3.63, 3.8) is 0 Å². The minimum atomic E-state index is -1.98. The molecular formula is C61H76FN9O8S. The fourth-order valence-electron chi connectivity index (χ4n) is 11.2. The van der Waals surface area contributed by atoms with Gasteiger partial charge in [-0.05, 0) is 116 Å². The Morgan fingerprint density at radius 1 is 0.875 bits per heavy atom. The Balaban J connectivity index is 0.709. The minimum absolute atomic E-state index is 0.0134. The van der Waals surface area contributed by atoms with E-state index >= 15 is 0 Å². The lowest BCUT2D eigenvalue weighted by Gasteiger charge is -2.53. The average Bonchev–Trinajstić information content (AvgIpc) is 3.90. The number of ether oxygens (including phenoxy) is 1. The molecule has 1 saturated heterocycles. The summed E-state index contributed by atoms with van der Waals surface area (Å²) in [5.41, 5.74) is 6.70. The fourth-order valence-corrected chi connectivity index (χ4v) is 12.0. The molecule has 2 aromatic heterocycles.